The van der Waals surface area contributed by atoms with Crippen LogP contribution in [0.2, 0.25) is 5.02 Å². The summed E-state index contributed by atoms with van der Waals surface area (Å²) in [5.41, 5.74) is 3.25. The van der Waals surface area contributed by atoms with Gasteiger partial charge in [-0.15, -0.1) is 0 Å². The number of carbonyl (C=O) groups excluding carboxylic acids is 2. The minimum Gasteiger partial charge on any atom is -0.497 e. The zero-order chi connectivity index (χ0) is 47.0. The zero-order valence-electron chi connectivity index (χ0n) is 39.3. The number of hydrogen-bond acceptors (Lipinski definition) is 11. The number of hydrogen-bond donors (Lipinski definition) is 1. The monoisotopic (exact) mass is 928 g/mol. The fourth-order valence-corrected chi connectivity index (χ4v) is 7.05. The van der Waals surface area contributed by atoms with E-state index in [0.717, 1.165) is 66.7 Å². The summed E-state index contributed by atoms with van der Waals surface area (Å²) >= 11 is 7.15. The molecule has 0 heterocycles. The van der Waals surface area contributed by atoms with Crippen molar-refractivity contribution in [2.45, 2.75) is 117 Å². The molecule has 1 N–H and O–H groups in total. The van der Waals surface area contributed by atoms with E-state index in [1.54, 1.807) is 45.6 Å². The predicted molar refractivity (Wildman–Crippen MR) is 260 cm³/mol. The maximum absolute atomic E-state index is 13.0. The highest BCUT2D eigenvalue weighted by molar-refractivity contribution is 6.36. The average molecular weight is 930 g/mol. The van der Waals surface area contributed by atoms with Crippen molar-refractivity contribution < 1.29 is 47.6 Å². The number of benzene rings is 4. The maximum atomic E-state index is 13.0. The molecular weight excluding hydrogens is 860 g/mol. The number of alkyl carbamates (subject to hydrolysis) is 1. The fraction of sp³-hybridized carbons (Fsp3) is 0.453. The molecule has 0 aromatic heterocycles. The van der Waals surface area contributed by atoms with E-state index < -0.39 is 6.09 Å². The van der Waals surface area contributed by atoms with Crippen molar-refractivity contribution in [3.05, 3.63) is 124 Å². The van der Waals surface area contributed by atoms with Crippen molar-refractivity contribution in [2.24, 2.45) is 5.16 Å². The molecule has 4 aromatic carbocycles. The Morgan fingerprint density at radius 3 is 1.68 bits per heavy atom. The molecule has 0 aliphatic rings. The highest BCUT2D eigenvalue weighted by Gasteiger charge is 2.21. The lowest BCUT2D eigenvalue weighted by Crippen LogP contribution is -2.27. The van der Waals surface area contributed by atoms with E-state index >= 15 is 0 Å². The van der Waals surface area contributed by atoms with Gasteiger partial charge in [-0.2, -0.15) is 0 Å². The number of halogens is 1. The minimum atomic E-state index is -0.616. The lowest BCUT2D eigenvalue weighted by Gasteiger charge is -2.18. The number of ether oxygens (including phenoxy) is 7. The van der Waals surface area contributed by atoms with Gasteiger partial charge in [-0.3, -0.25) is 4.79 Å². The van der Waals surface area contributed by atoms with E-state index in [1.807, 2.05) is 60.7 Å². The number of methoxy groups -OCH3 is 3. The SMILES string of the molecule is CCCCCCCC/C=C\CCCCCCCC(=O)OC/C(=N\OCCNC(=O)OCc1ccc(OC)cc1)c1ccc(OCc2ccc(OC)cc2)c(OCc2ccc(OC)cc2)c1Cl. The topological polar surface area (TPSA) is 132 Å². The molecule has 1 amide bonds. The molecular formula is C53H69ClN2O10. The van der Waals surface area contributed by atoms with Crippen molar-refractivity contribution in [1.29, 1.82) is 0 Å². The Labute approximate surface area is 396 Å². The molecule has 0 aliphatic heterocycles. The Hall–Kier alpha value is -5.88. The number of unbranched alkanes of at least 4 members (excludes halogenated alkanes) is 11. The Bertz CT molecular complexity index is 2040. The van der Waals surface area contributed by atoms with Crippen molar-refractivity contribution >= 4 is 29.4 Å². The van der Waals surface area contributed by atoms with Gasteiger partial charge in [-0.1, -0.05) is 124 Å². The van der Waals surface area contributed by atoms with Gasteiger partial charge in [0, 0.05) is 12.0 Å². The molecule has 4 rings (SSSR count). The highest BCUT2D eigenvalue weighted by Crippen LogP contribution is 2.39. The number of esters is 1. The van der Waals surface area contributed by atoms with Crippen LogP contribution in [0.15, 0.2) is 102 Å². The molecule has 0 atom stereocenters. The van der Waals surface area contributed by atoms with Gasteiger partial charge in [0.25, 0.3) is 0 Å². The van der Waals surface area contributed by atoms with Crippen LogP contribution in [0.4, 0.5) is 4.79 Å². The molecule has 358 valence electrons. The van der Waals surface area contributed by atoms with Crippen LogP contribution in [-0.2, 0) is 38.9 Å². The van der Waals surface area contributed by atoms with Crippen LogP contribution < -0.4 is 29.0 Å². The molecule has 0 aliphatic carbocycles. The molecule has 0 bridgehead atoms. The van der Waals surface area contributed by atoms with E-state index in [0.29, 0.717) is 17.1 Å². The van der Waals surface area contributed by atoms with E-state index in [-0.39, 0.29) is 68.5 Å². The molecule has 4 aromatic rings. The van der Waals surface area contributed by atoms with Crippen LogP contribution in [0.3, 0.4) is 0 Å². The van der Waals surface area contributed by atoms with Crippen LogP contribution in [0.25, 0.3) is 0 Å². The largest absolute Gasteiger partial charge is 0.497 e. The Balaban J connectivity index is 1.38. The molecule has 12 nitrogen and oxygen atoms in total. The van der Waals surface area contributed by atoms with Gasteiger partial charge in [-0.25, -0.2) is 4.79 Å². The second-order valence-electron chi connectivity index (χ2n) is 15.7. The summed E-state index contributed by atoms with van der Waals surface area (Å²) in [6.45, 7) is 2.60. The lowest BCUT2D eigenvalue weighted by atomic mass is 10.1. The van der Waals surface area contributed by atoms with Crippen LogP contribution in [0.1, 0.15) is 119 Å². The van der Waals surface area contributed by atoms with E-state index in [2.05, 4.69) is 29.5 Å². The first kappa shape index (κ1) is 52.7. The van der Waals surface area contributed by atoms with Crippen LogP contribution in [-0.4, -0.2) is 58.9 Å². The third kappa shape index (κ3) is 20.5. The number of allylic oxidation sites excluding steroid dienone is 2. The fourth-order valence-electron chi connectivity index (χ4n) is 6.73. The molecule has 0 saturated heterocycles. The van der Waals surface area contributed by atoms with Gasteiger partial charge in [0.1, 0.15) is 56.0 Å². The number of nitrogens with zero attached hydrogens (tertiary/aromatic N) is 1. The van der Waals surface area contributed by atoms with Crippen LogP contribution in [0.5, 0.6) is 28.7 Å². The van der Waals surface area contributed by atoms with Gasteiger partial charge >= 0.3 is 12.1 Å². The second-order valence-corrected chi connectivity index (χ2v) is 16.1. The summed E-state index contributed by atoms with van der Waals surface area (Å²) in [5, 5.41) is 7.19. The van der Waals surface area contributed by atoms with E-state index in [9.17, 15) is 9.59 Å². The van der Waals surface area contributed by atoms with Crippen molar-refractivity contribution in [2.75, 3.05) is 41.1 Å². The summed E-state index contributed by atoms with van der Waals surface area (Å²) in [5.74, 6) is 2.47. The molecule has 0 radical (unpaired) electrons. The zero-order valence-corrected chi connectivity index (χ0v) is 40.0. The summed E-state index contributed by atoms with van der Waals surface area (Å²) in [7, 11) is 4.81. The molecule has 13 heteroatoms. The predicted octanol–water partition coefficient (Wildman–Crippen LogP) is 12.8. The van der Waals surface area contributed by atoms with Gasteiger partial charge < -0.3 is 43.3 Å². The van der Waals surface area contributed by atoms with Crippen molar-refractivity contribution in [1.82, 2.24) is 5.32 Å². The van der Waals surface area contributed by atoms with Gasteiger partial charge in [0.05, 0.1) is 32.9 Å². The molecule has 0 spiro atoms. The molecule has 0 fully saturated rings. The van der Waals surface area contributed by atoms with Gasteiger partial charge in [-0.05, 0) is 97.3 Å². The first-order valence-corrected chi connectivity index (χ1v) is 23.6. The summed E-state index contributed by atoms with van der Waals surface area (Å²) in [4.78, 5) is 31.1. The summed E-state index contributed by atoms with van der Waals surface area (Å²) < 4.78 is 39.5. The quantitative estimate of drug-likeness (QED) is 0.0162. The third-order valence-corrected chi connectivity index (χ3v) is 11.0. The van der Waals surface area contributed by atoms with Gasteiger partial charge in [0.15, 0.2) is 11.5 Å². The number of amides is 1. The Morgan fingerprint density at radius 1 is 0.606 bits per heavy atom. The van der Waals surface area contributed by atoms with Crippen LogP contribution >= 0.6 is 11.6 Å². The number of oxime groups is 1. The van der Waals surface area contributed by atoms with Crippen LogP contribution in [0, 0.1) is 0 Å². The molecule has 0 unspecified atom stereocenters. The molecule has 0 saturated carbocycles. The normalized spacial score (nSPS) is 11.3. The van der Waals surface area contributed by atoms with Crippen molar-refractivity contribution in [3.8, 4) is 28.7 Å². The summed E-state index contributed by atoms with van der Waals surface area (Å²) in [6, 6.07) is 25.7. The van der Waals surface area contributed by atoms with Gasteiger partial charge in [0.2, 0.25) is 0 Å². The van der Waals surface area contributed by atoms with E-state index in [1.165, 1.54) is 44.9 Å². The third-order valence-electron chi connectivity index (χ3n) is 10.6. The minimum absolute atomic E-state index is 0.00843. The standard InChI is InChI=1S/C53H69ClN2O10/c1-5-6-7-8-9-10-11-12-13-14-15-16-17-18-19-20-50(57)63-40-48(56-66-36-35-55-53(58)65-39-43-25-31-46(61-4)32-26-43)47-33-34-49(62-37-41-21-27-44(59-2)28-22-41)52(51(47)54)64-38-42-23-29-45(60-3)30-24-42/h12-13,21-34H,5-11,14-20,35-40H2,1-4H3,(H,55,58)/b13-12-,56-48+. The number of nitrogens with one attached hydrogen (secondary N) is 1. The first-order valence-electron chi connectivity index (χ1n) is 23.2. The Morgan fingerprint density at radius 2 is 1.12 bits per heavy atom. The smallest absolute Gasteiger partial charge is 0.407 e. The van der Waals surface area contributed by atoms with E-state index in [4.69, 9.17) is 49.6 Å². The highest BCUT2D eigenvalue weighted by atomic mass is 35.5. The molecule has 66 heavy (non-hydrogen) atoms. The Kier molecular flexibility index (Phi) is 25.5. The number of carbonyl (C=O) groups is 2. The second kappa shape index (κ2) is 31.9. The maximum Gasteiger partial charge on any atom is 0.407 e. The summed E-state index contributed by atoms with van der Waals surface area (Å²) in [6.07, 6.45) is 19.5. The first-order chi connectivity index (χ1) is 32.3. The number of rotatable bonds is 33. The van der Waals surface area contributed by atoms with Crippen molar-refractivity contribution in [3.63, 3.8) is 0 Å². The average Bonchev–Trinajstić information content (AvgIpc) is 3.35. The lowest BCUT2D eigenvalue weighted by molar-refractivity contribution is -0.142.